The van der Waals surface area contributed by atoms with Crippen LogP contribution in [0.1, 0.15) is 265 Å². The fourth-order valence-electron chi connectivity index (χ4n) is 7.74. The molecule has 0 saturated carbocycles. The van der Waals surface area contributed by atoms with E-state index in [1.165, 1.54) is 128 Å². The SMILES string of the molecule is CC/C=C\C/C=C\C/C=C\C/C=C\C/C=C\CCCC(=O)OCC(COC(=O)CCCCCCCCC/C=C\CCCCCCCC)OC(=O)CCCCCCCCC/C=C\C/C=C\CCCCC. The van der Waals surface area contributed by atoms with Crippen LogP contribution in [0.15, 0.2) is 97.2 Å². The van der Waals surface area contributed by atoms with Crippen molar-refractivity contribution in [3.8, 4) is 0 Å². The van der Waals surface area contributed by atoms with Gasteiger partial charge in [0.2, 0.25) is 0 Å². The summed E-state index contributed by atoms with van der Waals surface area (Å²) in [6.07, 6.45) is 75.4. The van der Waals surface area contributed by atoms with E-state index in [9.17, 15) is 14.4 Å². The van der Waals surface area contributed by atoms with Crippen molar-refractivity contribution in [2.24, 2.45) is 0 Å². The van der Waals surface area contributed by atoms with E-state index in [1.807, 2.05) is 0 Å². The molecule has 0 amide bonds. The van der Waals surface area contributed by atoms with E-state index in [-0.39, 0.29) is 37.5 Å². The molecule has 0 N–H and O–H groups in total. The molecule has 0 aromatic rings. The van der Waals surface area contributed by atoms with E-state index in [2.05, 4.69) is 118 Å². The molecular formula is C63H106O6. The second-order valence-electron chi connectivity index (χ2n) is 18.8. The number of esters is 3. The van der Waals surface area contributed by atoms with Crippen LogP contribution in [-0.2, 0) is 28.6 Å². The molecule has 394 valence electrons. The van der Waals surface area contributed by atoms with Crippen molar-refractivity contribution < 1.29 is 28.6 Å². The molecular weight excluding hydrogens is 853 g/mol. The van der Waals surface area contributed by atoms with Gasteiger partial charge in [-0.25, -0.2) is 0 Å². The maximum Gasteiger partial charge on any atom is 0.306 e. The van der Waals surface area contributed by atoms with Gasteiger partial charge in [0.1, 0.15) is 13.2 Å². The Morgan fingerprint density at radius 1 is 0.304 bits per heavy atom. The first kappa shape index (κ1) is 65.3. The van der Waals surface area contributed by atoms with Crippen LogP contribution < -0.4 is 0 Å². The van der Waals surface area contributed by atoms with Crippen molar-refractivity contribution in [3.05, 3.63) is 97.2 Å². The van der Waals surface area contributed by atoms with Crippen LogP contribution in [0, 0.1) is 0 Å². The molecule has 0 bridgehead atoms. The maximum atomic E-state index is 12.9. The molecule has 6 nitrogen and oxygen atoms in total. The number of rotatable bonds is 51. The summed E-state index contributed by atoms with van der Waals surface area (Å²) in [5, 5.41) is 0. The molecule has 6 heteroatoms. The number of hydrogen-bond donors (Lipinski definition) is 0. The lowest BCUT2D eigenvalue weighted by Crippen LogP contribution is -2.30. The highest BCUT2D eigenvalue weighted by molar-refractivity contribution is 5.71. The predicted molar refractivity (Wildman–Crippen MR) is 297 cm³/mol. The van der Waals surface area contributed by atoms with E-state index in [4.69, 9.17) is 14.2 Å². The van der Waals surface area contributed by atoms with Crippen LogP contribution >= 0.6 is 0 Å². The van der Waals surface area contributed by atoms with Gasteiger partial charge in [-0.15, -0.1) is 0 Å². The summed E-state index contributed by atoms with van der Waals surface area (Å²) in [5.74, 6) is -0.971. The predicted octanol–water partition coefficient (Wildman–Crippen LogP) is 19.3. The fourth-order valence-corrected chi connectivity index (χ4v) is 7.74. The summed E-state index contributed by atoms with van der Waals surface area (Å²) in [7, 11) is 0. The van der Waals surface area contributed by atoms with Crippen LogP contribution in [0.3, 0.4) is 0 Å². The number of ether oxygens (including phenoxy) is 3. The summed E-state index contributed by atoms with van der Waals surface area (Å²) >= 11 is 0. The first-order valence-electron chi connectivity index (χ1n) is 28.7. The van der Waals surface area contributed by atoms with E-state index >= 15 is 0 Å². The highest BCUT2D eigenvalue weighted by Gasteiger charge is 2.19. The lowest BCUT2D eigenvalue weighted by atomic mass is 10.1. The first-order valence-corrected chi connectivity index (χ1v) is 28.7. The Hall–Kier alpha value is -3.67. The van der Waals surface area contributed by atoms with E-state index < -0.39 is 6.10 Å². The minimum absolute atomic E-state index is 0.101. The molecule has 0 spiro atoms. The molecule has 0 aliphatic rings. The van der Waals surface area contributed by atoms with Crippen LogP contribution in [0.2, 0.25) is 0 Å². The van der Waals surface area contributed by atoms with Crippen LogP contribution in [-0.4, -0.2) is 37.2 Å². The Morgan fingerprint density at radius 3 is 0.986 bits per heavy atom. The lowest BCUT2D eigenvalue weighted by Gasteiger charge is -2.18. The van der Waals surface area contributed by atoms with Gasteiger partial charge < -0.3 is 14.2 Å². The molecule has 69 heavy (non-hydrogen) atoms. The van der Waals surface area contributed by atoms with Gasteiger partial charge in [-0.1, -0.05) is 227 Å². The number of hydrogen-bond acceptors (Lipinski definition) is 6. The molecule has 0 heterocycles. The molecule has 0 radical (unpaired) electrons. The van der Waals surface area contributed by atoms with Crippen molar-refractivity contribution >= 4 is 17.9 Å². The number of allylic oxidation sites excluding steroid dienone is 16. The average molecular weight is 960 g/mol. The quantitative estimate of drug-likeness (QED) is 0.0262. The molecule has 0 saturated heterocycles. The Morgan fingerprint density at radius 2 is 0.580 bits per heavy atom. The maximum absolute atomic E-state index is 12.9. The molecule has 0 fully saturated rings. The van der Waals surface area contributed by atoms with Gasteiger partial charge in [0.05, 0.1) is 0 Å². The third kappa shape index (κ3) is 55.1. The van der Waals surface area contributed by atoms with Crippen molar-refractivity contribution in [1.82, 2.24) is 0 Å². The van der Waals surface area contributed by atoms with Gasteiger partial charge in [-0.3, -0.25) is 14.4 Å². The van der Waals surface area contributed by atoms with Gasteiger partial charge in [0.25, 0.3) is 0 Å². The lowest BCUT2D eigenvalue weighted by molar-refractivity contribution is -0.167. The largest absolute Gasteiger partial charge is 0.462 e. The number of carbonyl (C=O) groups is 3. The van der Waals surface area contributed by atoms with E-state index in [0.717, 1.165) is 89.9 Å². The molecule has 0 aliphatic heterocycles. The zero-order chi connectivity index (χ0) is 50.0. The van der Waals surface area contributed by atoms with Crippen LogP contribution in [0.25, 0.3) is 0 Å². The van der Waals surface area contributed by atoms with Crippen molar-refractivity contribution in [2.75, 3.05) is 13.2 Å². The molecule has 0 rings (SSSR count). The third-order valence-electron chi connectivity index (χ3n) is 12.0. The standard InChI is InChI=1S/C63H106O6/c1-4-7-10-13-16-19-22-25-28-31-34-37-40-43-46-49-52-55-61(64)67-58-60(69-63(66)57-54-51-48-45-42-39-36-33-30-27-24-21-18-15-12-9-6-3)59-68-62(65)56-53-50-47-44-41-38-35-32-29-26-23-20-17-14-11-8-5-2/h7,10,16,18-19,21,25-30,34,37,43,46,60H,4-6,8-9,11-15,17,20,22-24,31-33,35-36,38-42,44-45,47-59H2,1-3H3/b10-7-,19-16-,21-18-,28-25-,29-26-,30-27-,37-34-,46-43-. The smallest absolute Gasteiger partial charge is 0.306 e. The minimum atomic E-state index is -0.808. The minimum Gasteiger partial charge on any atom is -0.462 e. The van der Waals surface area contributed by atoms with Gasteiger partial charge in [-0.05, 0) is 116 Å². The normalized spacial score (nSPS) is 12.8. The Labute approximate surface area is 426 Å². The summed E-state index contributed by atoms with van der Waals surface area (Å²) in [5.41, 5.74) is 0. The molecule has 0 aromatic heterocycles. The van der Waals surface area contributed by atoms with Crippen LogP contribution in [0.4, 0.5) is 0 Å². The van der Waals surface area contributed by atoms with Gasteiger partial charge in [-0.2, -0.15) is 0 Å². The summed E-state index contributed by atoms with van der Waals surface area (Å²) in [6.45, 7) is 6.45. The van der Waals surface area contributed by atoms with Gasteiger partial charge >= 0.3 is 17.9 Å². The Balaban J connectivity index is 4.49. The van der Waals surface area contributed by atoms with Crippen molar-refractivity contribution in [1.29, 1.82) is 0 Å². The monoisotopic (exact) mass is 959 g/mol. The van der Waals surface area contributed by atoms with Crippen molar-refractivity contribution in [2.45, 2.75) is 271 Å². The second kappa shape index (κ2) is 56.9. The first-order chi connectivity index (χ1) is 34.0. The van der Waals surface area contributed by atoms with Gasteiger partial charge in [0, 0.05) is 19.3 Å². The van der Waals surface area contributed by atoms with E-state index in [0.29, 0.717) is 19.3 Å². The zero-order valence-corrected chi connectivity index (χ0v) is 45.0. The van der Waals surface area contributed by atoms with Gasteiger partial charge in [0.15, 0.2) is 6.10 Å². The Bertz CT molecular complexity index is 1380. The average Bonchev–Trinajstić information content (AvgIpc) is 3.35. The third-order valence-corrected chi connectivity index (χ3v) is 12.0. The summed E-state index contributed by atoms with van der Waals surface area (Å²) < 4.78 is 16.8. The summed E-state index contributed by atoms with van der Waals surface area (Å²) in [6, 6.07) is 0. The Kier molecular flexibility index (Phi) is 53.9. The molecule has 0 aliphatic carbocycles. The molecule has 1 unspecified atom stereocenters. The number of carbonyl (C=O) groups excluding carboxylic acids is 3. The number of unbranched alkanes of at least 4 members (excludes halogenated alkanes) is 24. The fraction of sp³-hybridized carbons (Fsp3) is 0.698. The topological polar surface area (TPSA) is 78.9 Å². The molecule has 1 atom stereocenters. The summed E-state index contributed by atoms with van der Waals surface area (Å²) in [4.78, 5) is 38.2. The second-order valence-corrected chi connectivity index (χ2v) is 18.8. The molecule has 0 aromatic carbocycles. The van der Waals surface area contributed by atoms with E-state index in [1.54, 1.807) is 0 Å². The van der Waals surface area contributed by atoms with Crippen molar-refractivity contribution in [3.63, 3.8) is 0 Å². The van der Waals surface area contributed by atoms with Crippen LogP contribution in [0.5, 0.6) is 0 Å². The zero-order valence-electron chi connectivity index (χ0n) is 45.0. The highest BCUT2D eigenvalue weighted by atomic mass is 16.6. The highest BCUT2D eigenvalue weighted by Crippen LogP contribution is 2.14.